The lowest BCUT2D eigenvalue weighted by Crippen LogP contribution is -2.29. The summed E-state index contributed by atoms with van der Waals surface area (Å²) in [6.07, 6.45) is 2.21. The third-order valence-corrected chi connectivity index (χ3v) is 4.97. The van der Waals surface area contributed by atoms with Gasteiger partial charge in [0.05, 0.1) is 5.92 Å². The minimum absolute atomic E-state index is 0.0345. The van der Waals surface area contributed by atoms with Crippen LogP contribution in [0, 0.1) is 5.92 Å². The van der Waals surface area contributed by atoms with E-state index in [1.807, 2.05) is 0 Å². The number of aromatic nitrogens is 2. The maximum Gasteiger partial charge on any atom is 0.257 e. The molecule has 2 aromatic rings. The summed E-state index contributed by atoms with van der Waals surface area (Å²) in [6, 6.07) is 6.58. The van der Waals surface area contributed by atoms with E-state index < -0.39 is 0 Å². The molecule has 1 saturated heterocycles. The van der Waals surface area contributed by atoms with Crippen molar-refractivity contribution in [3.8, 4) is 0 Å². The third kappa shape index (κ3) is 4.88. The fourth-order valence-corrected chi connectivity index (χ4v) is 3.30. The second kappa shape index (κ2) is 8.72. The zero-order valence-electron chi connectivity index (χ0n) is 15.0. The van der Waals surface area contributed by atoms with Gasteiger partial charge in [-0.3, -0.25) is 19.7 Å². The van der Waals surface area contributed by atoms with Crippen LogP contribution in [-0.2, 0) is 9.59 Å². The number of nitrogens with one attached hydrogen (secondary N) is 2. The Balaban J connectivity index is 1.54. The largest absolute Gasteiger partial charge is 0.342 e. The molecule has 1 atom stereocenters. The average molecular weight is 387 g/mol. The highest BCUT2D eigenvalue weighted by molar-refractivity contribution is 7.13. The van der Waals surface area contributed by atoms with E-state index in [1.54, 1.807) is 29.2 Å². The van der Waals surface area contributed by atoms with Crippen molar-refractivity contribution in [2.45, 2.75) is 26.2 Å². The fraction of sp³-hybridized carbons (Fsp3) is 0.389. The van der Waals surface area contributed by atoms with E-state index >= 15 is 0 Å². The van der Waals surface area contributed by atoms with Crippen LogP contribution in [0.3, 0.4) is 0 Å². The molecule has 1 aliphatic heterocycles. The Kier molecular flexibility index (Phi) is 6.12. The molecular weight excluding hydrogens is 366 g/mol. The Morgan fingerprint density at radius 2 is 2.04 bits per heavy atom. The van der Waals surface area contributed by atoms with Crippen LogP contribution in [0.25, 0.3) is 0 Å². The summed E-state index contributed by atoms with van der Waals surface area (Å²) in [4.78, 5) is 38.3. The predicted molar refractivity (Wildman–Crippen MR) is 103 cm³/mol. The summed E-state index contributed by atoms with van der Waals surface area (Å²) in [5, 5.41) is 13.3. The van der Waals surface area contributed by atoms with E-state index in [9.17, 15) is 14.4 Å². The molecule has 1 unspecified atom stereocenters. The van der Waals surface area contributed by atoms with Crippen molar-refractivity contribution in [2.75, 3.05) is 23.7 Å². The standard InChI is InChI=1S/C18H21N5O3S/c1-2-3-8-23-10-13(9-15(23)24)17(26)20-14-6-4-12(5-7-14)16(25)21-18-22-19-11-27-18/h4-7,11,13H,2-3,8-10H2,1H3,(H,20,26)(H,21,22,25). The average Bonchev–Trinajstić information content (AvgIpc) is 3.30. The summed E-state index contributed by atoms with van der Waals surface area (Å²) in [5.74, 6) is -0.770. The van der Waals surface area contributed by atoms with Gasteiger partial charge in [-0.15, -0.1) is 10.2 Å². The highest BCUT2D eigenvalue weighted by Gasteiger charge is 2.33. The first kappa shape index (κ1) is 19.0. The van der Waals surface area contributed by atoms with Crippen LogP contribution in [0.5, 0.6) is 0 Å². The van der Waals surface area contributed by atoms with Crippen molar-refractivity contribution >= 4 is 39.9 Å². The molecule has 0 bridgehead atoms. The molecule has 1 aliphatic rings. The van der Waals surface area contributed by atoms with Gasteiger partial charge in [-0.1, -0.05) is 24.7 Å². The molecule has 9 heteroatoms. The number of anilines is 2. The first-order valence-corrected chi connectivity index (χ1v) is 9.71. The van der Waals surface area contributed by atoms with E-state index in [-0.39, 0.29) is 30.1 Å². The summed E-state index contributed by atoms with van der Waals surface area (Å²) in [7, 11) is 0. The monoisotopic (exact) mass is 387 g/mol. The minimum Gasteiger partial charge on any atom is -0.342 e. The number of hydrogen-bond donors (Lipinski definition) is 2. The van der Waals surface area contributed by atoms with Crippen molar-refractivity contribution < 1.29 is 14.4 Å². The van der Waals surface area contributed by atoms with Crippen molar-refractivity contribution in [1.82, 2.24) is 15.1 Å². The highest BCUT2D eigenvalue weighted by atomic mass is 32.1. The van der Waals surface area contributed by atoms with Crippen LogP contribution in [-0.4, -0.2) is 45.9 Å². The molecule has 1 fully saturated rings. The number of hydrogen-bond acceptors (Lipinski definition) is 6. The van der Waals surface area contributed by atoms with E-state index in [1.165, 1.54) is 16.8 Å². The SMILES string of the molecule is CCCCN1CC(C(=O)Nc2ccc(C(=O)Nc3nncs3)cc2)CC1=O. The first-order valence-electron chi connectivity index (χ1n) is 8.83. The fourth-order valence-electron chi connectivity index (χ4n) is 2.86. The quantitative estimate of drug-likeness (QED) is 0.759. The number of amides is 3. The molecule has 3 amide bonds. The molecule has 142 valence electrons. The van der Waals surface area contributed by atoms with Crippen LogP contribution >= 0.6 is 11.3 Å². The Morgan fingerprint density at radius 3 is 2.70 bits per heavy atom. The van der Waals surface area contributed by atoms with Gasteiger partial charge < -0.3 is 10.2 Å². The van der Waals surface area contributed by atoms with Gasteiger partial charge in [0.2, 0.25) is 16.9 Å². The lowest BCUT2D eigenvalue weighted by Gasteiger charge is -2.16. The van der Waals surface area contributed by atoms with Gasteiger partial charge in [0.25, 0.3) is 5.91 Å². The second-order valence-electron chi connectivity index (χ2n) is 6.36. The van der Waals surface area contributed by atoms with E-state index in [0.717, 1.165) is 12.8 Å². The molecule has 27 heavy (non-hydrogen) atoms. The molecule has 0 spiro atoms. The Bertz CT molecular complexity index is 807. The van der Waals surface area contributed by atoms with Crippen molar-refractivity contribution in [3.63, 3.8) is 0 Å². The van der Waals surface area contributed by atoms with Crippen LogP contribution in [0.2, 0.25) is 0 Å². The number of likely N-dealkylation sites (tertiary alicyclic amines) is 1. The molecule has 0 saturated carbocycles. The molecule has 0 radical (unpaired) electrons. The van der Waals surface area contributed by atoms with Gasteiger partial charge in [-0.2, -0.15) is 0 Å². The van der Waals surface area contributed by atoms with Gasteiger partial charge in [0.1, 0.15) is 5.51 Å². The number of carbonyl (C=O) groups is 3. The molecule has 1 aromatic heterocycles. The first-order chi connectivity index (χ1) is 13.1. The summed E-state index contributed by atoms with van der Waals surface area (Å²) < 4.78 is 0. The van der Waals surface area contributed by atoms with Crippen LogP contribution in [0.4, 0.5) is 10.8 Å². The zero-order valence-corrected chi connectivity index (χ0v) is 15.8. The molecular formula is C18H21N5O3S. The number of benzene rings is 1. The number of nitrogens with zero attached hydrogens (tertiary/aromatic N) is 3. The molecule has 2 heterocycles. The Labute approximate surface area is 161 Å². The van der Waals surface area contributed by atoms with Gasteiger partial charge in [0.15, 0.2) is 0 Å². The summed E-state index contributed by atoms with van der Waals surface area (Å²) in [5.41, 5.74) is 2.57. The van der Waals surface area contributed by atoms with Gasteiger partial charge >= 0.3 is 0 Å². The number of unbranched alkanes of at least 4 members (excludes halogenated alkanes) is 1. The van der Waals surface area contributed by atoms with Crippen molar-refractivity contribution in [1.29, 1.82) is 0 Å². The van der Waals surface area contributed by atoms with E-state index in [4.69, 9.17) is 0 Å². The van der Waals surface area contributed by atoms with Crippen molar-refractivity contribution in [2.24, 2.45) is 5.92 Å². The molecule has 1 aromatic carbocycles. The number of carbonyl (C=O) groups excluding carboxylic acids is 3. The lowest BCUT2D eigenvalue weighted by atomic mass is 10.1. The van der Waals surface area contributed by atoms with Crippen LogP contribution in [0.15, 0.2) is 29.8 Å². The molecule has 2 N–H and O–H groups in total. The van der Waals surface area contributed by atoms with E-state index in [2.05, 4.69) is 27.8 Å². The molecule has 8 nitrogen and oxygen atoms in total. The maximum absolute atomic E-state index is 12.4. The highest BCUT2D eigenvalue weighted by Crippen LogP contribution is 2.21. The van der Waals surface area contributed by atoms with Crippen molar-refractivity contribution in [3.05, 3.63) is 35.3 Å². The third-order valence-electron chi connectivity index (χ3n) is 4.36. The number of rotatable bonds is 7. The minimum atomic E-state index is -0.338. The maximum atomic E-state index is 12.4. The summed E-state index contributed by atoms with van der Waals surface area (Å²) in [6.45, 7) is 3.24. The smallest absolute Gasteiger partial charge is 0.257 e. The topological polar surface area (TPSA) is 104 Å². The zero-order chi connectivity index (χ0) is 19.2. The Hall–Kier alpha value is -2.81. The Morgan fingerprint density at radius 1 is 1.26 bits per heavy atom. The molecule has 0 aliphatic carbocycles. The van der Waals surface area contributed by atoms with E-state index in [0.29, 0.717) is 29.5 Å². The molecule has 3 rings (SSSR count). The normalized spacial score (nSPS) is 16.4. The van der Waals surface area contributed by atoms with Gasteiger partial charge in [-0.25, -0.2) is 0 Å². The van der Waals surface area contributed by atoms with Gasteiger partial charge in [-0.05, 0) is 30.7 Å². The van der Waals surface area contributed by atoms with Crippen LogP contribution in [0.1, 0.15) is 36.5 Å². The summed E-state index contributed by atoms with van der Waals surface area (Å²) >= 11 is 1.23. The van der Waals surface area contributed by atoms with Crippen LogP contribution < -0.4 is 10.6 Å². The van der Waals surface area contributed by atoms with Gasteiger partial charge in [0, 0.05) is 30.8 Å². The predicted octanol–water partition coefficient (Wildman–Crippen LogP) is 2.38. The lowest BCUT2D eigenvalue weighted by molar-refractivity contribution is -0.128. The second-order valence-corrected chi connectivity index (χ2v) is 7.19.